The molecule has 0 atom stereocenters. The van der Waals surface area contributed by atoms with Crippen molar-refractivity contribution in [3.8, 4) is 0 Å². The van der Waals surface area contributed by atoms with Crippen LogP contribution in [0.25, 0.3) is 0 Å². The van der Waals surface area contributed by atoms with E-state index in [9.17, 15) is 4.79 Å². The molecule has 0 bridgehead atoms. The summed E-state index contributed by atoms with van der Waals surface area (Å²) >= 11 is 5.72. The van der Waals surface area contributed by atoms with Crippen molar-refractivity contribution in [3.05, 3.63) is 17.5 Å². The van der Waals surface area contributed by atoms with E-state index in [4.69, 9.17) is 11.6 Å². The van der Waals surface area contributed by atoms with Crippen molar-refractivity contribution < 1.29 is 4.79 Å². The Kier molecular flexibility index (Phi) is 4.75. The van der Waals surface area contributed by atoms with Gasteiger partial charge in [-0.1, -0.05) is 11.6 Å². The minimum Gasteiger partial charge on any atom is -0.368 e. The Balaban J connectivity index is 1.73. The van der Waals surface area contributed by atoms with Crippen LogP contribution in [-0.4, -0.2) is 40.4 Å². The van der Waals surface area contributed by atoms with Crippen molar-refractivity contribution in [3.63, 3.8) is 0 Å². The molecule has 1 aliphatic heterocycles. The molecule has 0 spiro atoms. The predicted molar refractivity (Wildman–Crippen MR) is 70.6 cm³/mol. The summed E-state index contributed by atoms with van der Waals surface area (Å²) in [4.78, 5) is 21.8. The maximum atomic E-state index is 11.9. The topological polar surface area (TPSA) is 58.1 Å². The van der Waals surface area contributed by atoms with Crippen molar-refractivity contribution in [1.29, 1.82) is 0 Å². The molecule has 0 saturated carbocycles. The smallest absolute Gasteiger partial charge is 0.224 e. The standard InChI is InChI=1S/C12H17ClN4O/c13-10-8-14-9-11(16-10)15-5-4-12(18)17-6-2-1-3-7-17/h8-9H,1-7H2,(H,15,16). The molecule has 1 aromatic heterocycles. The average molecular weight is 269 g/mol. The van der Waals surface area contributed by atoms with Crippen LogP contribution in [0.1, 0.15) is 25.7 Å². The highest BCUT2D eigenvalue weighted by atomic mass is 35.5. The zero-order valence-corrected chi connectivity index (χ0v) is 11.0. The fourth-order valence-electron chi connectivity index (χ4n) is 2.03. The Morgan fingerprint density at radius 1 is 1.33 bits per heavy atom. The van der Waals surface area contributed by atoms with Gasteiger partial charge in [0.05, 0.1) is 12.4 Å². The summed E-state index contributed by atoms with van der Waals surface area (Å²) in [6, 6.07) is 0. The van der Waals surface area contributed by atoms with Crippen LogP contribution in [0.4, 0.5) is 5.82 Å². The first-order valence-corrected chi connectivity index (χ1v) is 6.63. The monoisotopic (exact) mass is 268 g/mol. The van der Waals surface area contributed by atoms with Crippen LogP contribution in [0, 0.1) is 0 Å². The van der Waals surface area contributed by atoms with Crippen molar-refractivity contribution in [2.75, 3.05) is 25.0 Å². The summed E-state index contributed by atoms with van der Waals surface area (Å²) in [7, 11) is 0. The summed E-state index contributed by atoms with van der Waals surface area (Å²) in [5, 5.41) is 3.40. The lowest BCUT2D eigenvalue weighted by Gasteiger charge is -2.26. The summed E-state index contributed by atoms with van der Waals surface area (Å²) in [6.07, 6.45) is 7.04. The SMILES string of the molecule is O=C(CCNc1cncc(Cl)n1)N1CCCCC1. The van der Waals surface area contributed by atoms with Gasteiger partial charge in [0.1, 0.15) is 11.0 Å². The van der Waals surface area contributed by atoms with Crippen LogP contribution in [0.15, 0.2) is 12.4 Å². The number of piperidine rings is 1. The molecule has 1 fully saturated rings. The molecule has 98 valence electrons. The summed E-state index contributed by atoms with van der Waals surface area (Å²) in [5.41, 5.74) is 0. The molecule has 0 aromatic carbocycles. The maximum Gasteiger partial charge on any atom is 0.224 e. The lowest BCUT2D eigenvalue weighted by Crippen LogP contribution is -2.36. The van der Waals surface area contributed by atoms with Crippen molar-refractivity contribution in [1.82, 2.24) is 14.9 Å². The Hall–Kier alpha value is -1.36. The summed E-state index contributed by atoms with van der Waals surface area (Å²) in [6.45, 7) is 2.36. The van der Waals surface area contributed by atoms with Crippen LogP contribution in [0.5, 0.6) is 0 Å². The molecular formula is C12H17ClN4O. The van der Waals surface area contributed by atoms with Crippen molar-refractivity contribution in [2.24, 2.45) is 0 Å². The first kappa shape index (κ1) is 13.1. The number of carbonyl (C=O) groups excluding carboxylic acids is 1. The molecule has 1 aliphatic rings. The van der Waals surface area contributed by atoms with Gasteiger partial charge in [0, 0.05) is 26.1 Å². The molecule has 2 heterocycles. The predicted octanol–water partition coefficient (Wildman–Crippen LogP) is 1.94. The summed E-state index contributed by atoms with van der Waals surface area (Å²) < 4.78 is 0. The lowest BCUT2D eigenvalue weighted by atomic mass is 10.1. The van der Waals surface area contributed by atoms with Gasteiger partial charge in [0.25, 0.3) is 0 Å². The molecule has 1 amide bonds. The van der Waals surface area contributed by atoms with Gasteiger partial charge in [-0.3, -0.25) is 9.78 Å². The second-order valence-corrected chi connectivity index (χ2v) is 4.73. The van der Waals surface area contributed by atoms with Gasteiger partial charge < -0.3 is 10.2 Å². The van der Waals surface area contributed by atoms with E-state index in [-0.39, 0.29) is 5.91 Å². The van der Waals surface area contributed by atoms with Crippen LogP contribution >= 0.6 is 11.6 Å². The quantitative estimate of drug-likeness (QED) is 0.907. The second-order valence-electron chi connectivity index (χ2n) is 4.35. The molecule has 1 aromatic rings. The third-order valence-electron chi connectivity index (χ3n) is 2.96. The minimum absolute atomic E-state index is 0.206. The van der Waals surface area contributed by atoms with Gasteiger partial charge >= 0.3 is 0 Å². The first-order valence-electron chi connectivity index (χ1n) is 6.25. The Morgan fingerprint density at radius 2 is 2.11 bits per heavy atom. The third-order valence-corrected chi connectivity index (χ3v) is 3.14. The molecule has 0 aliphatic carbocycles. The number of likely N-dealkylation sites (tertiary alicyclic amines) is 1. The zero-order valence-electron chi connectivity index (χ0n) is 10.2. The van der Waals surface area contributed by atoms with Gasteiger partial charge in [0.2, 0.25) is 5.91 Å². The minimum atomic E-state index is 0.206. The molecule has 5 nitrogen and oxygen atoms in total. The van der Waals surface area contributed by atoms with E-state index in [2.05, 4.69) is 15.3 Å². The van der Waals surface area contributed by atoms with E-state index in [1.165, 1.54) is 12.6 Å². The number of halogens is 1. The van der Waals surface area contributed by atoms with Crippen molar-refractivity contribution in [2.45, 2.75) is 25.7 Å². The lowest BCUT2D eigenvalue weighted by molar-refractivity contribution is -0.131. The number of nitrogens with zero attached hydrogens (tertiary/aromatic N) is 3. The van der Waals surface area contributed by atoms with Gasteiger partial charge in [0.15, 0.2) is 0 Å². The van der Waals surface area contributed by atoms with Crippen LogP contribution in [0.3, 0.4) is 0 Å². The Labute approximate surface area is 112 Å². The number of hydrogen-bond donors (Lipinski definition) is 1. The highest BCUT2D eigenvalue weighted by Gasteiger charge is 2.15. The number of amides is 1. The molecule has 1 N–H and O–H groups in total. The average Bonchev–Trinajstić information content (AvgIpc) is 2.40. The number of nitrogens with one attached hydrogen (secondary N) is 1. The summed E-state index contributed by atoms with van der Waals surface area (Å²) in [5.74, 6) is 0.811. The highest BCUT2D eigenvalue weighted by Crippen LogP contribution is 2.10. The number of rotatable bonds is 4. The molecule has 2 rings (SSSR count). The Bertz CT molecular complexity index is 407. The van der Waals surface area contributed by atoms with Gasteiger partial charge in [-0.15, -0.1) is 0 Å². The number of carbonyl (C=O) groups is 1. The molecule has 0 radical (unpaired) electrons. The van der Waals surface area contributed by atoms with Gasteiger partial charge in [-0.25, -0.2) is 4.98 Å². The van der Waals surface area contributed by atoms with E-state index in [0.717, 1.165) is 25.9 Å². The molecule has 6 heteroatoms. The zero-order chi connectivity index (χ0) is 12.8. The van der Waals surface area contributed by atoms with Gasteiger partial charge in [-0.05, 0) is 19.3 Å². The maximum absolute atomic E-state index is 11.9. The molecule has 18 heavy (non-hydrogen) atoms. The van der Waals surface area contributed by atoms with E-state index < -0.39 is 0 Å². The molecule has 1 saturated heterocycles. The van der Waals surface area contributed by atoms with E-state index in [1.54, 1.807) is 6.20 Å². The largest absolute Gasteiger partial charge is 0.368 e. The number of aromatic nitrogens is 2. The number of anilines is 1. The van der Waals surface area contributed by atoms with E-state index in [0.29, 0.717) is 23.9 Å². The third kappa shape index (κ3) is 3.84. The fourth-order valence-corrected chi connectivity index (χ4v) is 2.17. The number of hydrogen-bond acceptors (Lipinski definition) is 4. The van der Waals surface area contributed by atoms with E-state index in [1.807, 2.05) is 4.90 Å². The first-order chi connectivity index (χ1) is 8.75. The van der Waals surface area contributed by atoms with Gasteiger partial charge in [-0.2, -0.15) is 0 Å². The van der Waals surface area contributed by atoms with Crippen LogP contribution in [-0.2, 0) is 4.79 Å². The van der Waals surface area contributed by atoms with Crippen molar-refractivity contribution >= 4 is 23.3 Å². The Morgan fingerprint density at radius 3 is 2.83 bits per heavy atom. The van der Waals surface area contributed by atoms with Crippen LogP contribution < -0.4 is 5.32 Å². The fraction of sp³-hybridized carbons (Fsp3) is 0.583. The molecular weight excluding hydrogens is 252 g/mol. The highest BCUT2D eigenvalue weighted by molar-refractivity contribution is 6.29. The molecule has 0 unspecified atom stereocenters. The normalized spacial score (nSPS) is 15.5. The van der Waals surface area contributed by atoms with E-state index >= 15 is 0 Å². The second kappa shape index (κ2) is 6.54. The van der Waals surface area contributed by atoms with Crippen LogP contribution in [0.2, 0.25) is 5.15 Å².